The van der Waals surface area contributed by atoms with Crippen LogP contribution in [-0.2, 0) is 0 Å². The third kappa shape index (κ3) is 3.77. The van der Waals surface area contributed by atoms with Gasteiger partial charge in [-0.2, -0.15) is 0 Å². The maximum atomic E-state index is 10.2. The van der Waals surface area contributed by atoms with Crippen LogP contribution in [-0.4, -0.2) is 12.2 Å². The van der Waals surface area contributed by atoms with Crippen molar-refractivity contribution in [2.45, 2.75) is 38.1 Å². The van der Waals surface area contributed by atoms with Gasteiger partial charge in [-0.3, -0.25) is 0 Å². The molecule has 3 nitrogen and oxygen atoms in total. The highest BCUT2D eigenvalue weighted by Crippen LogP contribution is 2.41. The van der Waals surface area contributed by atoms with E-state index in [1.54, 1.807) is 13.2 Å². The van der Waals surface area contributed by atoms with Gasteiger partial charge in [-0.15, -0.1) is 12.4 Å². The van der Waals surface area contributed by atoms with Crippen molar-refractivity contribution in [2.24, 2.45) is 11.7 Å². The van der Waals surface area contributed by atoms with Crippen molar-refractivity contribution >= 4 is 28.3 Å². The maximum absolute atomic E-state index is 10.2. The largest absolute Gasteiger partial charge is 0.504 e. The van der Waals surface area contributed by atoms with Crippen molar-refractivity contribution < 1.29 is 9.84 Å². The Morgan fingerprint density at radius 1 is 1.32 bits per heavy atom. The fourth-order valence-electron chi connectivity index (χ4n) is 2.75. The summed E-state index contributed by atoms with van der Waals surface area (Å²) in [6.07, 6.45) is 6.08. The lowest BCUT2D eigenvalue weighted by atomic mass is 9.81. The van der Waals surface area contributed by atoms with Crippen LogP contribution in [0.4, 0.5) is 0 Å². The summed E-state index contributed by atoms with van der Waals surface area (Å²) in [5.41, 5.74) is 7.11. The number of ether oxygens (including phenoxy) is 1. The van der Waals surface area contributed by atoms with E-state index in [1.807, 2.05) is 6.07 Å². The number of phenolic OH excluding ortho intramolecular Hbond substituents is 1. The Labute approximate surface area is 129 Å². The first-order valence-corrected chi connectivity index (χ1v) is 7.24. The molecular formula is C14H21BrClNO2. The summed E-state index contributed by atoms with van der Waals surface area (Å²) in [6.45, 7) is 0. The van der Waals surface area contributed by atoms with Gasteiger partial charge in [0, 0.05) is 16.1 Å². The third-order valence-electron chi connectivity index (χ3n) is 3.81. The molecular weight excluding hydrogens is 330 g/mol. The lowest BCUT2D eigenvalue weighted by Crippen LogP contribution is -2.23. The molecule has 3 N–H and O–H groups in total. The van der Waals surface area contributed by atoms with Crippen molar-refractivity contribution in [1.29, 1.82) is 0 Å². The van der Waals surface area contributed by atoms with Gasteiger partial charge in [-0.05, 0) is 30.9 Å². The summed E-state index contributed by atoms with van der Waals surface area (Å²) in [4.78, 5) is 0. The summed E-state index contributed by atoms with van der Waals surface area (Å²) in [7, 11) is 1.55. The minimum atomic E-state index is -0.114. The minimum absolute atomic E-state index is 0. The zero-order chi connectivity index (χ0) is 13.1. The van der Waals surface area contributed by atoms with Crippen LogP contribution in [0.15, 0.2) is 16.6 Å². The highest BCUT2D eigenvalue weighted by atomic mass is 79.9. The molecule has 2 rings (SSSR count). The van der Waals surface area contributed by atoms with E-state index in [4.69, 9.17) is 10.5 Å². The number of aromatic hydroxyl groups is 1. The average Bonchev–Trinajstić information content (AvgIpc) is 2.41. The highest BCUT2D eigenvalue weighted by Gasteiger charge is 2.25. The fraction of sp³-hybridized carbons (Fsp3) is 0.571. The van der Waals surface area contributed by atoms with Crippen LogP contribution in [0.1, 0.15) is 43.7 Å². The Hall–Kier alpha value is -0.450. The predicted octanol–water partition coefficient (Wildman–Crippen LogP) is 4.17. The second kappa shape index (κ2) is 7.36. The van der Waals surface area contributed by atoms with Gasteiger partial charge < -0.3 is 15.6 Å². The zero-order valence-corrected chi connectivity index (χ0v) is 13.5. The highest BCUT2D eigenvalue weighted by molar-refractivity contribution is 9.10. The van der Waals surface area contributed by atoms with Crippen LogP contribution < -0.4 is 10.5 Å². The lowest BCUT2D eigenvalue weighted by molar-refractivity contribution is 0.299. The van der Waals surface area contributed by atoms with Gasteiger partial charge in [0.05, 0.1) is 7.11 Å². The van der Waals surface area contributed by atoms with Crippen molar-refractivity contribution in [3.63, 3.8) is 0 Å². The molecule has 1 fully saturated rings. The van der Waals surface area contributed by atoms with Crippen LogP contribution in [0.3, 0.4) is 0 Å². The molecule has 0 amide bonds. The molecule has 19 heavy (non-hydrogen) atoms. The maximum Gasteiger partial charge on any atom is 0.162 e. The summed E-state index contributed by atoms with van der Waals surface area (Å²) in [5.74, 6) is 1.12. The van der Waals surface area contributed by atoms with Crippen LogP contribution >= 0.6 is 28.3 Å². The third-order valence-corrected chi connectivity index (χ3v) is 4.26. The summed E-state index contributed by atoms with van der Waals surface area (Å²) < 4.78 is 6.06. The zero-order valence-electron chi connectivity index (χ0n) is 11.1. The SMILES string of the molecule is COc1cc(Br)cc([C@@H](N)C2CCCCC2)c1O.Cl. The Kier molecular flexibility index (Phi) is 6.43. The van der Waals surface area contributed by atoms with E-state index in [0.717, 1.165) is 22.9 Å². The molecule has 0 saturated heterocycles. The number of phenols is 1. The molecule has 0 bridgehead atoms. The van der Waals surface area contributed by atoms with E-state index in [-0.39, 0.29) is 24.2 Å². The van der Waals surface area contributed by atoms with Gasteiger partial charge in [0.1, 0.15) is 0 Å². The number of halogens is 2. The van der Waals surface area contributed by atoms with Gasteiger partial charge in [-0.1, -0.05) is 35.2 Å². The number of hydrogen-bond acceptors (Lipinski definition) is 3. The fourth-order valence-corrected chi connectivity index (χ4v) is 3.21. The Morgan fingerprint density at radius 3 is 2.53 bits per heavy atom. The first-order chi connectivity index (χ1) is 8.63. The van der Waals surface area contributed by atoms with Crippen molar-refractivity contribution in [3.8, 4) is 11.5 Å². The van der Waals surface area contributed by atoms with Gasteiger partial charge in [0.25, 0.3) is 0 Å². The summed E-state index contributed by atoms with van der Waals surface area (Å²) >= 11 is 3.43. The average molecular weight is 351 g/mol. The molecule has 0 heterocycles. The molecule has 1 aromatic rings. The molecule has 1 saturated carbocycles. The molecule has 5 heteroatoms. The van der Waals surface area contributed by atoms with E-state index in [2.05, 4.69) is 15.9 Å². The standard InChI is InChI=1S/C14H20BrNO2.ClH/c1-18-12-8-10(15)7-11(14(12)17)13(16)9-5-3-2-4-6-9;/h7-9,13,17H,2-6,16H2,1H3;1H/t13-;/m0./s1. The molecule has 0 spiro atoms. The second-order valence-corrected chi connectivity index (χ2v) is 5.89. The Morgan fingerprint density at radius 2 is 1.95 bits per heavy atom. The van der Waals surface area contributed by atoms with Gasteiger partial charge in [0.15, 0.2) is 11.5 Å². The Balaban J connectivity index is 0.00000180. The number of hydrogen-bond donors (Lipinski definition) is 2. The van der Waals surface area contributed by atoms with E-state index in [0.29, 0.717) is 11.7 Å². The Bertz CT molecular complexity index is 422. The number of methoxy groups -OCH3 is 1. The van der Waals surface area contributed by atoms with E-state index >= 15 is 0 Å². The van der Waals surface area contributed by atoms with Crippen molar-refractivity contribution in [3.05, 3.63) is 22.2 Å². The van der Waals surface area contributed by atoms with Crippen LogP contribution in [0, 0.1) is 5.92 Å². The molecule has 1 aromatic carbocycles. The van der Waals surface area contributed by atoms with Gasteiger partial charge >= 0.3 is 0 Å². The minimum Gasteiger partial charge on any atom is -0.504 e. The van der Waals surface area contributed by atoms with E-state index in [1.165, 1.54) is 19.3 Å². The molecule has 1 aliphatic rings. The second-order valence-electron chi connectivity index (χ2n) is 4.97. The number of rotatable bonds is 3. The van der Waals surface area contributed by atoms with Crippen molar-refractivity contribution in [1.82, 2.24) is 0 Å². The molecule has 1 aliphatic carbocycles. The molecule has 1 atom stereocenters. The summed E-state index contributed by atoms with van der Waals surface area (Å²) in [6, 6.07) is 3.54. The summed E-state index contributed by atoms with van der Waals surface area (Å²) in [5, 5.41) is 10.2. The first kappa shape index (κ1) is 16.6. The van der Waals surface area contributed by atoms with Crippen molar-refractivity contribution in [2.75, 3.05) is 7.11 Å². The van der Waals surface area contributed by atoms with Gasteiger partial charge in [-0.25, -0.2) is 0 Å². The monoisotopic (exact) mass is 349 g/mol. The van der Waals surface area contributed by atoms with E-state index in [9.17, 15) is 5.11 Å². The first-order valence-electron chi connectivity index (χ1n) is 6.45. The quantitative estimate of drug-likeness (QED) is 0.860. The lowest BCUT2D eigenvalue weighted by Gasteiger charge is -2.28. The number of nitrogens with two attached hydrogens (primary N) is 1. The molecule has 0 radical (unpaired) electrons. The topological polar surface area (TPSA) is 55.5 Å². The van der Waals surface area contributed by atoms with Crippen LogP contribution in [0.2, 0.25) is 0 Å². The van der Waals surface area contributed by atoms with Gasteiger partial charge in [0.2, 0.25) is 0 Å². The molecule has 108 valence electrons. The smallest absolute Gasteiger partial charge is 0.162 e. The predicted molar refractivity (Wildman–Crippen MR) is 83.1 cm³/mol. The normalized spacial score (nSPS) is 17.6. The molecule has 0 aromatic heterocycles. The number of benzene rings is 1. The molecule has 0 aliphatic heterocycles. The van der Waals surface area contributed by atoms with Crippen LogP contribution in [0.5, 0.6) is 11.5 Å². The van der Waals surface area contributed by atoms with E-state index < -0.39 is 0 Å². The van der Waals surface area contributed by atoms with Crippen LogP contribution in [0.25, 0.3) is 0 Å². The molecule has 0 unspecified atom stereocenters.